The molecule has 130 valence electrons. The molecule has 2 nitrogen and oxygen atoms in total. The fourth-order valence-electron chi connectivity index (χ4n) is 4.26. The summed E-state index contributed by atoms with van der Waals surface area (Å²) < 4.78 is 0. The largest absolute Gasteiger partial charge is 0.289 e. The van der Waals surface area contributed by atoms with Crippen LogP contribution < -0.4 is 0 Å². The molecule has 0 spiro atoms. The minimum Gasteiger partial charge on any atom is -0.289 e. The zero-order valence-electron chi connectivity index (χ0n) is 15.6. The number of nitrogens with zero attached hydrogens (tertiary/aromatic N) is 1. The predicted molar refractivity (Wildman–Crippen MR) is 110 cm³/mol. The second-order valence-electron chi connectivity index (χ2n) is 7.50. The van der Waals surface area contributed by atoms with Crippen molar-refractivity contribution >= 4 is 16.6 Å². The monoisotopic (exact) mass is 349 g/mol. The van der Waals surface area contributed by atoms with Crippen LogP contribution >= 0.6 is 0 Å². The van der Waals surface area contributed by atoms with Crippen LogP contribution in [0.15, 0.2) is 60.8 Å². The summed E-state index contributed by atoms with van der Waals surface area (Å²) in [6, 6.07) is 18.5. The lowest BCUT2D eigenvalue weighted by Gasteiger charge is -2.21. The summed E-state index contributed by atoms with van der Waals surface area (Å²) in [7, 11) is 0. The van der Waals surface area contributed by atoms with Gasteiger partial charge in [-0.3, -0.25) is 9.78 Å². The molecule has 0 radical (unpaired) electrons. The van der Waals surface area contributed by atoms with Crippen molar-refractivity contribution in [1.29, 1.82) is 0 Å². The summed E-state index contributed by atoms with van der Waals surface area (Å²) in [6.45, 7) is 6.26. The van der Waals surface area contributed by atoms with E-state index in [9.17, 15) is 4.79 Å². The van der Waals surface area contributed by atoms with Crippen LogP contribution in [0.2, 0.25) is 0 Å². The maximum atomic E-state index is 13.1. The minimum atomic E-state index is 0.0978. The number of aromatic nitrogens is 1. The Balaban J connectivity index is 1.89. The molecule has 4 aromatic rings. The van der Waals surface area contributed by atoms with Crippen molar-refractivity contribution in [2.24, 2.45) is 0 Å². The highest BCUT2D eigenvalue weighted by Gasteiger charge is 2.26. The maximum absolute atomic E-state index is 13.1. The quantitative estimate of drug-likeness (QED) is 0.369. The smallest absolute Gasteiger partial charge is 0.194 e. The molecule has 3 aromatic carbocycles. The Hall–Kier alpha value is -3.26. The van der Waals surface area contributed by atoms with Crippen LogP contribution in [-0.2, 0) is 0 Å². The van der Waals surface area contributed by atoms with Gasteiger partial charge in [-0.1, -0.05) is 59.2 Å². The first kappa shape index (κ1) is 16.0. The fourth-order valence-corrected chi connectivity index (χ4v) is 4.26. The molecule has 0 bridgehead atoms. The molecular formula is C25H19NO. The van der Waals surface area contributed by atoms with E-state index in [2.05, 4.69) is 51.1 Å². The molecule has 0 fully saturated rings. The first-order valence-corrected chi connectivity index (χ1v) is 9.19. The van der Waals surface area contributed by atoms with Crippen molar-refractivity contribution in [1.82, 2.24) is 4.98 Å². The molecule has 0 saturated carbocycles. The number of ketones is 1. The van der Waals surface area contributed by atoms with E-state index in [1.165, 1.54) is 11.1 Å². The SMILES string of the molecule is Cc1cc(C)cc(-c2ncc3c4c(cccc24)C(=O)c2ccc(C)cc2-3)c1. The molecule has 1 aromatic heterocycles. The van der Waals surface area contributed by atoms with Crippen LogP contribution in [0.3, 0.4) is 0 Å². The Morgan fingerprint density at radius 3 is 2.26 bits per heavy atom. The van der Waals surface area contributed by atoms with Gasteiger partial charge in [-0.25, -0.2) is 0 Å². The lowest BCUT2D eigenvalue weighted by atomic mass is 9.82. The molecule has 0 aliphatic heterocycles. The van der Waals surface area contributed by atoms with E-state index in [0.29, 0.717) is 0 Å². The zero-order valence-corrected chi connectivity index (χ0v) is 15.6. The van der Waals surface area contributed by atoms with E-state index >= 15 is 0 Å². The van der Waals surface area contributed by atoms with Crippen molar-refractivity contribution < 1.29 is 4.79 Å². The summed E-state index contributed by atoms with van der Waals surface area (Å²) in [4.78, 5) is 18.0. The number of hydrogen-bond donors (Lipinski definition) is 0. The van der Waals surface area contributed by atoms with Gasteiger partial charge in [0.05, 0.1) is 5.69 Å². The number of rotatable bonds is 1. The van der Waals surface area contributed by atoms with E-state index in [-0.39, 0.29) is 5.78 Å². The molecule has 2 heteroatoms. The van der Waals surface area contributed by atoms with Gasteiger partial charge in [0.1, 0.15) is 0 Å². The van der Waals surface area contributed by atoms with Gasteiger partial charge in [0.25, 0.3) is 0 Å². The molecule has 1 aliphatic rings. The molecule has 5 rings (SSSR count). The lowest BCUT2D eigenvalue weighted by Crippen LogP contribution is -2.10. The normalized spacial score (nSPS) is 12.3. The average molecular weight is 349 g/mol. The van der Waals surface area contributed by atoms with Crippen molar-refractivity contribution in [3.05, 3.63) is 88.6 Å². The Bertz CT molecular complexity index is 1250. The molecule has 0 N–H and O–H groups in total. The number of benzene rings is 3. The van der Waals surface area contributed by atoms with Crippen LogP contribution in [0.5, 0.6) is 0 Å². The standard InChI is InChI=1S/C25H19NO/c1-14-7-8-18-21(12-14)22-13-26-24(17-10-15(2)9-16(3)11-17)19-5-4-6-20(23(19)22)25(18)27/h4-13H,1-3H3. The number of pyridine rings is 1. The molecule has 0 atom stereocenters. The average Bonchev–Trinajstić information content (AvgIpc) is 2.64. The maximum Gasteiger partial charge on any atom is 0.194 e. The summed E-state index contributed by atoms with van der Waals surface area (Å²) >= 11 is 0. The van der Waals surface area contributed by atoms with E-state index in [4.69, 9.17) is 4.98 Å². The molecule has 0 saturated heterocycles. The van der Waals surface area contributed by atoms with Gasteiger partial charge in [-0.05, 0) is 38.5 Å². The third kappa shape index (κ3) is 2.33. The first-order chi connectivity index (χ1) is 13.0. The highest BCUT2D eigenvalue weighted by molar-refractivity contribution is 6.26. The Morgan fingerprint density at radius 1 is 0.704 bits per heavy atom. The number of aryl methyl sites for hydroxylation is 3. The predicted octanol–water partition coefficient (Wildman–Crippen LogP) is 6.04. The number of carbonyl (C=O) groups excluding carboxylic acids is 1. The van der Waals surface area contributed by atoms with E-state index in [1.807, 2.05) is 30.5 Å². The van der Waals surface area contributed by atoms with E-state index in [0.717, 1.165) is 49.8 Å². The molecule has 1 heterocycles. The molecule has 0 amide bonds. The third-order valence-electron chi connectivity index (χ3n) is 5.36. The summed E-state index contributed by atoms with van der Waals surface area (Å²) in [5.74, 6) is 0.0978. The summed E-state index contributed by atoms with van der Waals surface area (Å²) in [6.07, 6.45) is 1.93. The Labute approximate surface area is 158 Å². The van der Waals surface area contributed by atoms with Crippen molar-refractivity contribution in [2.75, 3.05) is 0 Å². The van der Waals surface area contributed by atoms with Gasteiger partial charge in [-0.15, -0.1) is 0 Å². The van der Waals surface area contributed by atoms with E-state index < -0.39 is 0 Å². The number of carbonyl (C=O) groups is 1. The summed E-state index contributed by atoms with van der Waals surface area (Å²) in [5.41, 5.74) is 9.18. The first-order valence-electron chi connectivity index (χ1n) is 9.19. The van der Waals surface area contributed by atoms with Crippen LogP contribution in [0.1, 0.15) is 32.6 Å². The second-order valence-corrected chi connectivity index (χ2v) is 7.50. The van der Waals surface area contributed by atoms with Gasteiger partial charge in [0.15, 0.2) is 5.78 Å². The number of hydrogen-bond acceptors (Lipinski definition) is 2. The Kier molecular flexibility index (Phi) is 3.32. The van der Waals surface area contributed by atoms with Crippen LogP contribution in [-0.4, -0.2) is 10.8 Å². The van der Waals surface area contributed by atoms with E-state index in [1.54, 1.807) is 0 Å². The lowest BCUT2D eigenvalue weighted by molar-refractivity contribution is 0.104. The van der Waals surface area contributed by atoms with Crippen LogP contribution in [0.4, 0.5) is 0 Å². The molecule has 0 unspecified atom stereocenters. The van der Waals surface area contributed by atoms with Gasteiger partial charge < -0.3 is 0 Å². The van der Waals surface area contributed by atoms with Crippen LogP contribution in [0, 0.1) is 20.8 Å². The van der Waals surface area contributed by atoms with Crippen molar-refractivity contribution in [2.45, 2.75) is 20.8 Å². The van der Waals surface area contributed by atoms with Crippen LogP contribution in [0.25, 0.3) is 33.2 Å². The Morgan fingerprint density at radius 2 is 1.48 bits per heavy atom. The third-order valence-corrected chi connectivity index (χ3v) is 5.36. The highest BCUT2D eigenvalue weighted by Crippen LogP contribution is 2.42. The van der Waals surface area contributed by atoms with Gasteiger partial charge in [-0.2, -0.15) is 0 Å². The van der Waals surface area contributed by atoms with Gasteiger partial charge in [0.2, 0.25) is 0 Å². The highest BCUT2D eigenvalue weighted by atomic mass is 16.1. The fraction of sp³-hybridized carbons (Fsp3) is 0.120. The molecular weight excluding hydrogens is 330 g/mol. The van der Waals surface area contributed by atoms with Crippen molar-refractivity contribution in [3.63, 3.8) is 0 Å². The van der Waals surface area contributed by atoms with Crippen molar-refractivity contribution in [3.8, 4) is 22.4 Å². The number of fused-ring (bicyclic) bond motifs is 2. The topological polar surface area (TPSA) is 30.0 Å². The second kappa shape index (κ2) is 5.62. The zero-order chi connectivity index (χ0) is 18.7. The molecule has 1 aliphatic carbocycles. The van der Waals surface area contributed by atoms with Gasteiger partial charge >= 0.3 is 0 Å². The minimum absolute atomic E-state index is 0.0978. The summed E-state index contributed by atoms with van der Waals surface area (Å²) in [5, 5.41) is 2.06. The molecule has 27 heavy (non-hydrogen) atoms. The van der Waals surface area contributed by atoms with Gasteiger partial charge in [0, 0.05) is 39.2 Å².